The van der Waals surface area contributed by atoms with Gasteiger partial charge in [0, 0.05) is 37.1 Å². The van der Waals surface area contributed by atoms with Gasteiger partial charge in [0.25, 0.3) is 0 Å². The molecule has 104 valence electrons. The minimum absolute atomic E-state index is 0.144. The Morgan fingerprint density at radius 2 is 2.32 bits per heavy atom. The minimum atomic E-state index is 0.144. The lowest BCUT2D eigenvalue weighted by molar-refractivity contribution is -0.121. The first-order valence-electron chi connectivity index (χ1n) is 6.74. The van der Waals surface area contributed by atoms with E-state index in [2.05, 4.69) is 11.4 Å². The van der Waals surface area contributed by atoms with E-state index in [9.17, 15) is 4.79 Å². The van der Waals surface area contributed by atoms with Gasteiger partial charge >= 0.3 is 0 Å². The lowest BCUT2D eigenvalue weighted by atomic mass is 10.1. The van der Waals surface area contributed by atoms with Crippen LogP contribution in [0.25, 0.3) is 0 Å². The van der Waals surface area contributed by atoms with Crippen LogP contribution in [0.4, 0.5) is 0 Å². The number of nitrogens with one attached hydrogen (secondary N) is 1. The molecule has 2 unspecified atom stereocenters. The molecule has 1 saturated carbocycles. The van der Waals surface area contributed by atoms with E-state index in [4.69, 9.17) is 16.3 Å². The summed E-state index contributed by atoms with van der Waals surface area (Å²) in [6, 6.07) is 8.17. The first kappa shape index (κ1) is 14.4. The van der Waals surface area contributed by atoms with Gasteiger partial charge in [-0.3, -0.25) is 4.79 Å². The van der Waals surface area contributed by atoms with Crippen molar-refractivity contribution in [2.24, 2.45) is 0 Å². The van der Waals surface area contributed by atoms with Crippen LogP contribution in [0.5, 0.6) is 0 Å². The van der Waals surface area contributed by atoms with Gasteiger partial charge in [-0.15, -0.1) is 0 Å². The minimum Gasteiger partial charge on any atom is -0.385 e. The Bertz CT molecular complexity index is 436. The van der Waals surface area contributed by atoms with Gasteiger partial charge in [0.2, 0.25) is 5.91 Å². The lowest BCUT2D eigenvalue weighted by Gasteiger charge is -2.05. The Morgan fingerprint density at radius 3 is 3.05 bits per heavy atom. The quantitative estimate of drug-likeness (QED) is 0.780. The van der Waals surface area contributed by atoms with Gasteiger partial charge in [-0.25, -0.2) is 0 Å². The van der Waals surface area contributed by atoms with Crippen molar-refractivity contribution in [3.05, 3.63) is 34.9 Å². The summed E-state index contributed by atoms with van der Waals surface area (Å²) in [6.07, 6.45) is 3.42. The number of amides is 1. The Kier molecular flexibility index (Phi) is 5.23. The molecule has 1 aromatic rings. The Labute approximate surface area is 119 Å². The summed E-state index contributed by atoms with van der Waals surface area (Å²) in [7, 11) is 1.68. The van der Waals surface area contributed by atoms with Crippen molar-refractivity contribution in [1.29, 1.82) is 0 Å². The van der Waals surface area contributed by atoms with E-state index >= 15 is 0 Å². The second-order valence-electron chi connectivity index (χ2n) is 5.02. The fraction of sp³-hybridized carbons (Fsp3) is 0.533. The number of methoxy groups -OCH3 is 1. The maximum Gasteiger partial charge on any atom is 0.220 e. The predicted octanol–water partition coefficient (Wildman–Crippen LogP) is 3.13. The van der Waals surface area contributed by atoms with Crippen LogP contribution < -0.4 is 5.32 Å². The number of benzene rings is 1. The number of carbonyl (C=O) groups is 1. The molecule has 0 spiro atoms. The molecule has 0 bridgehead atoms. The molecule has 2 atom stereocenters. The molecule has 1 fully saturated rings. The standard InChI is InChI=1S/C15H20ClNO2/c1-19-8-3-2-7-15(18)17-14-10-13(14)11-5-4-6-12(16)9-11/h4-6,9,13-14H,2-3,7-8,10H2,1H3,(H,17,18). The average molecular weight is 282 g/mol. The number of unbranched alkanes of at least 4 members (excludes halogenated alkanes) is 1. The lowest BCUT2D eigenvalue weighted by Crippen LogP contribution is -2.26. The van der Waals surface area contributed by atoms with Crippen molar-refractivity contribution < 1.29 is 9.53 Å². The number of carbonyl (C=O) groups excluding carboxylic acids is 1. The molecule has 1 N–H and O–H groups in total. The van der Waals surface area contributed by atoms with E-state index in [0.717, 1.165) is 30.9 Å². The zero-order valence-electron chi connectivity index (χ0n) is 11.2. The fourth-order valence-corrected chi connectivity index (χ4v) is 2.47. The van der Waals surface area contributed by atoms with E-state index in [0.29, 0.717) is 12.3 Å². The maximum atomic E-state index is 11.7. The van der Waals surface area contributed by atoms with Crippen LogP contribution >= 0.6 is 11.6 Å². The van der Waals surface area contributed by atoms with Crippen LogP contribution in [-0.4, -0.2) is 25.7 Å². The molecule has 0 aliphatic heterocycles. The molecule has 0 heterocycles. The van der Waals surface area contributed by atoms with Crippen molar-refractivity contribution >= 4 is 17.5 Å². The van der Waals surface area contributed by atoms with Gasteiger partial charge < -0.3 is 10.1 Å². The number of hydrogen-bond donors (Lipinski definition) is 1. The molecule has 3 nitrogen and oxygen atoms in total. The number of rotatable bonds is 7. The fourth-order valence-electron chi connectivity index (χ4n) is 2.27. The van der Waals surface area contributed by atoms with Crippen molar-refractivity contribution in [2.45, 2.75) is 37.6 Å². The predicted molar refractivity (Wildman–Crippen MR) is 76.5 cm³/mol. The maximum absolute atomic E-state index is 11.7. The molecule has 19 heavy (non-hydrogen) atoms. The van der Waals surface area contributed by atoms with E-state index in [1.807, 2.05) is 18.2 Å². The summed E-state index contributed by atoms with van der Waals surface area (Å²) in [5.41, 5.74) is 1.22. The Balaban J connectivity index is 1.70. The second-order valence-corrected chi connectivity index (χ2v) is 5.46. The zero-order valence-corrected chi connectivity index (χ0v) is 12.0. The highest BCUT2D eigenvalue weighted by Crippen LogP contribution is 2.41. The molecular weight excluding hydrogens is 262 g/mol. The second kappa shape index (κ2) is 6.92. The summed E-state index contributed by atoms with van der Waals surface area (Å²) in [5, 5.41) is 3.83. The van der Waals surface area contributed by atoms with Crippen LogP contribution in [0.1, 0.15) is 37.2 Å². The molecule has 0 radical (unpaired) electrons. The number of hydrogen-bond acceptors (Lipinski definition) is 2. The topological polar surface area (TPSA) is 38.3 Å². The third-order valence-corrected chi connectivity index (χ3v) is 3.65. The Hall–Kier alpha value is -1.06. The summed E-state index contributed by atoms with van der Waals surface area (Å²) in [4.78, 5) is 11.7. The molecule has 1 amide bonds. The molecule has 1 aliphatic carbocycles. The summed E-state index contributed by atoms with van der Waals surface area (Å²) < 4.78 is 4.96. The summed E-state index contributed by atoms with van der Waals surface area (Å²) >= 11 is 5.97. The van der Waals surface area contributed by atoms with Crippen LogP contribution in [0, 0.1) is 0 Å². The van der Waals surface area contributed by atoms with Gasteiger partial charge in [0.1, 0.15) is 0 Å². The van der Waals surface area contributed by atoms with Gasteiger partial charge in [-0.05, 0) is 37.0 Å². The third-order valence-electron chi connectivity index (χ3n) is 3.42. The molecule has 2 rings (SSSR count). The average Bonchev–Trinajstić information content (AvgIpc) is 3.14. The van der Waals surface area contributed by atoms with Crippen molar-refractivity contribution in [1.82, 2.24) is 5.32 Å². The molecule has 1 aliphatic rings. The largest absolute Gasteiger partial charge is 0.385 e. The summed E-state index contributed by atoms with van der Waals surface area (Å²) in [5.74, 6) is 0.576. The molecule has 0 saturated heterocycles. The first-order chi connectivity index (χ1) is 9.20. The third kappa shape index (κ3) is 4.51. The van der Waals surface area contributed by atoms with E-state index in [1.165, 1.54) is 5.56 Å². The van der Waals surface area contributed by atoms with Gasteiger partial charge in [-0.1, -0.05) is 23.7 Å². The van der Waals surface area contributed by atoms with Gasteiger partial charge in [-0.2, -0.15) is 0 Å². The number of halogens is 1. The zero-order chi connectivity index (χ0) is 13.7. The van der Waals surface area contributed by atoms with E-state index in [1.54, 1.807) is 7.11 Å². The van der Waals surface area contributed by atoms with Crippen LogP contribution in [-0.2, 0) is 9.53 Å². The highest BCUT2D eigenvalue weighted by Gasteiger charge is 2.39. The first-order valence-corrected chi connectivity index (χ1v) is 7.12. The molecule has 0 aromatic heterocycles. The van der Waals surface area contributed by atoms with Crippen LogP contribution in [0.3, 0.4) is 0 Å². The van der Waals surface area contributed by atoms with Crippen LogP contribution in [0.15, 0.2) is 24.3 Å². The van der Waals surface area contributed by atoms with Gasteiger partial charge in [0.15, 0.2) is 0 Å². The SMILES string of the molecule is COCCCCC(=O)NC1CC1c1cccc(Cl)c1. The highest BCUT2D eigenvalue weighted by molar-refractivity contribution is 6.30. The Morgan fingerprint density at radius 1 is 1.47 bits per heavy atom. The van der Waals surface area contributed by atoms with Crippen molar-refractivity contribution in [3.63, 3.8) is 0 Å². The van der Waals surface area contributed by atoms with E-state index < -0.39 is 0 Å². The van der Waals surface area contributed by atoms with Gasteiger partial charge in [0.05, 0.1) is 0 Å². The van der Waals surface area contributed by atoms with Crippen molar-refractivity contribution in [2.75, 3.05) is 13.7 Å². The number of ether oxygens (including phenoxy) is 1. The van der Waals surface area contributed by atoms with Crippen LogP contribution in [0.2, 0.25) is 5.02 Å². The van der Waals surface area contributed by atoms with Crippen molar-refractivity contribution in [3.8, 4) is 0 Å². The smallest absolute Gasteiger partial charge is 0.220 e. The van der Waals surface area contributed by atoms with E-state index in [-0.39, 0.29) is 11.9 Å². The molecular formula is C15H20ClNO2. The molecule has 4 heteroatoms. The summed E-state index contributed by atoms with van der Waals surface area (Å²) in [6.45, 7) is 0.724. The molecule has 1 aromatic carbocycles. The normalized spacial score (nSPS) is 21.2. The highest BCUT2D eigenvalue weighted by atomic mass is 35.5. The monoisotopic (exact) mass is 281 g/mol.